The number of amides is 1. The maximum atomic E-state index is 13.3. The van der Waals surface area contributed by atoms with E-state index in [0.29, 0.717) is 6.54 Å². The first-order valence-electron chi connectivity index (χ1n) is 7.75. The molecule has 1 aromatic carbocycles. The summed E-state index contributed by atoms with van der Waals surface area (Å²) in [6.07, 6.45) is 0.179. The van der Waals surface area contributed by atoms with E-state index in [4.69, 9.17) is 5.11 Å². The number of carboxylic acid groups (broad SMARTS) is 1. The summed E-state index contributed by atoms with van der Waals surface area (Å²) >= 11 is 0. The molecule has 1 N–H and O–H groups in total. The Labute approximate surface area is 133 Å². The lowest BCUT2D eigenvalue weighted by atomic mass is 9.70. The molecule has 1 amide bonds. The Balaban J connectivity index is 1.63. The number of hydrogen-bond acceptors (Lipinski definition) is 2. The lowest BCUT2D eigenvalue weighted by Crippen LogP contribution is -2.44. The molecule has 0 radical (unpaired) electrons. The van der Waals surface area contributed by atoms with Crippen LogP contribution in [0.15, 0.2) is 30.3 Å². The highest BCUT2D eigenvalue weighted by Crippen LogP contribution is 2.72. The van der Waals surface area contributed by atoms with Crippen molar-refractivity contribution in [3.63, 3.8) is 0 Å². The molecule has 23 heavy (non-hydrogen) atoms. The number of aliphatic carboxylic acids is 1. The third kappa shape index (κ3) is 3.07. The predicted octanol–water partition coefficient (Wildman–Crippen LogP) is 2.93. The van der Waals surface area contributed by atoms with E-state index < -0.39 is 23.2 Å². The Morgan fingerprint density at radius 1 is 1.22 bits per heavy atom. The van der Waals surface area contributed by atoms with Gasteiger partial charge >= 0.3 is 5.97 Å². The van der Waals surface area contributed by atoms with Crippen LogP contribution in [-0.2, 0) is 16.1 Å². The van der Waals surface area contributed by atoms with Gasteiger partial charge in [0.25, 0.3) is 5.92 Å². The number of carboxylic acids is 1. The van der Waals surface area contributed by atoms with Gasteiger partial charge in [-0.2, -0.15) is 0 Å². The topological polar surface area (TPSA) is 57.6 Å². The summed E-state index contributed by atoms with van der Waals surface area (Å²) in [7, 11) is 0. The average molecular weight is 323 g/mol. The Kier molecular flexibility index (Phi) is 3.86. The number of nitrogens with zero attached hydrogens (tertiary/aromatic N) is 1. The second-order valence-corrected chi connectivity index (χ2v) is 6.66. The number of alkyl halides is 2. The van der Waals surface area contributed by atoms with E-state index in [1.807, 2.05) is 30.3 Å². The minimum absolute atomic E-state index is 0.100. The first-order valence-corrected chi connectivity index (χ1v) is 7.75. The van der Waals surface area contributed by atoms with Crippen LogP contribution < -0.4 is 0 Å². The van der Waals surface area contributed by atoms with Gasteiger partial charge in [0.15, 0.2) is 0 Å². The van der Waals surface area contributed by atoms with Gasteiger partial charge < -0.3 is 10.0 Å². The number of carbonyl (C=O) groups excluding carboxylic acids is 1. The molecule has 4 nitrogen and oxygen atoms in total. The number of carbonyl (C=O) groups is 2. The van der Waals surface area contributed by atoms with Crippen molar-refractivity contribution in [2.45, 2.75) is 38.2 Å². The Morgan fingerprint density at radius 3 is 2.35 bits per heavy atom. The molecule has 0 saturated heterocycles. The van der Waals surface area contributed by atoms with E-state index in [2.05, 4.69) is 0 Å². The standard InChI is InChI=1S/C17H19F2NO3/c18-17(19)11-16(17)8-13(9-16)15(23)20(7-6-14(21)22)10-12-4-2-1-3-5-12/h1-5,13H,6-11H2,(H,21,22). The molecule has 6 heteroatoms. The van der Waals surface area contributed by atoms with Gasteiger partial charge in [-0.15, -0.1) is 0 Å². The molecule has 1 spiro atoms. The maximum Gasteiger partial charge on any atom is 0.305 e. The molecule has 0 heterocycles. The monoisotopic (exact) mass is 323 g/mol. The summed E-state index contributed by atoms with van der Waals surface area (Å²) in [5.74, 6) is -4.20. The van der Waals surface area contributed by atoms with Crippen molar-refractivity contribution < 1.29 is 23.5 Å². The van der Waals surface area contributed by atoms with E-state index >= 15 is 0 Å². The van der Waals surface area contributed by atoms with Gasteiger partial charge in [-0.05, 0) is 18.4 Å². The first-order chi connectivity index (χ1) is 10.8. The van der Waals surface area contributed by atoms with Crippen molar-refractivity contribution in [1.29, 1.82) is 0 Å². The Morgan fingerprint density at radius 2 is 1.83 bits per heavy atom. The highest BCUT2D eigenvalue weighted by molar-refractivity contribution is 5.81. The van der Waals surface area contributed by atoms with Gasteiger partial charge in [-0.3, -0.25) is 9.59 Å². The summed E-state index contributed by atoms with van der Waals surface area (Å²) in [6.45, 7) is 0.412. The summed E-state index contributed by atoms with van der Waals surface area (Å²) in [6, 6.07) is 9.27. The predicted molar refractivity (Wildman–Crippen MR) is 78.8 cm³/mol. The number of benzene rings is 1. The van der Waals surface area contributed by atoms with Crippen LogP contribution in [0.4, 0.5) is 8.78 Å². The van der Waals surface area contributed by atoms with Crippen molar-refractivity contribution in [3.05, 3.63) is 35.9 Å². The minimum atomic E-state index is -2.62. The summed E-state index contributed by atoms with van der Waals surface area (Å²) in [5, 5.41) is 8.84. The van der Waals surface area contributed by atoms with Crippen LogP contribution in [0.5, 0.6) is 0 Å². The van der Waals surface area contributed by atoms with Crippen LogP contribution >= 0.6 is 0 Å². The van der Waals surface area contributed by atoms with E-state index in [9.17, 15) is 18.4 Å². The van der Waals surface area contributed by atoms with Crippen LogP contribution in [0.3, 0.4) is 0 Å². The zero-order valence-electron chi connectivity index (χ0n) is 12.7. The average Bonchev–Trinajstić information content (AvgIpc) is 3.05. The van der Waals surface area contributed by atoms with Crippen molar-refractivity contribution >= 4 is 11.9 Å². The fourth-order valence-corrected chi connectivity index (χ4v) is 3.44. The molecule has 2 saturated carbocycles. The molecule has 0 aliphatic heterocycles. The van der Waals surface area contributed by atoms with E-state index in [0.717, 1.165) is 5.56 Å². The van der Waals surface area contributed by atoms with Crippen molar-refractivity contribution in [2.24, 2.45) is 11.3 Å². The molecule has 0 bridgehead atoms. The lowest BCUT2D eigenvalue weighted by Gasteiger charge is -2.38. The third-order valence-electron chi connectivity index (χ3n) is 4.96. The Hall–Kier alpha value is -1.98. The quantitative estimate of drug-likeness (QED) is 0.876. The smallest absolute Gasteiger partial charge is 0.305 e. The van der Waals surface area contributed by atoms with Crippen molar-refractivity contribution in [1.82, 2.24) is 4.90 Å². The molecule has 0 aromatic heterocycles. The zero-order chi connectivity index (χ0) is 16.7. The normalized spacial score (nSPS) is 27.3. The van der Waals surface area contributed by atoms with E-state index in [1.54, 1.807) is 0 Å². The van der Waals surface area contributed by atoms with Crippen LogP contribution in [0, 0.1) is 11.3 Å². The molecule has 3 rings (SSSR count). The number of rotatable bonds is 6. The summed E-state index contributed by atoms with van der Waals surface area (Å²) < 4.78 is 26.5. The molecule has 2 aliphatic carbocycles. The number of hydrogen-bond donors (Lipinski definition) is 1. The Bertz CT molecular complexity index is 612. The first kappa shape index (κ1) is 15.9. The van der Waals surface area contributed by atoms with Crippen LogP contribution in [0.25, 0.3) is 0 Å². The molecule has 124 valence electrons. The highest BCUT2D eigenvalue weighted by Gasteiger charge is 2.76. The molecule has 1 aromatic rings. The van der Waals surface area contributed by atoms with Gasteiger partial charge in [0, 0.05) is 30.8 Å². The largest absolute Gasteiger partial charge is 0.481 e. The van der Waals surface area contributed by atoms with Crippen LogP contribution in [0.2, 0.25) is 0 Å². The SMILES string of the molecule is O=C(O)CCN(Cc1ccccc1)C(=O)C1CC2(C1)CC2(F)F. The molecule has 0 unspecified atom stereocenters. The van der Waals surface area contributed by atoms with E-state index in [1.165, 1.54) is 4.90 Å². The van der Waals surface area contributed by atoms with Gasteiger partial charge in [-0.1, -0.05) is 30.3 Å². The van der Waals surface area contributed by atoms with Crippen LogP contribution in [-0.4, -0.2) is 34.4 Å². The minimum Gasteiger partial charge on any atom is -0.481 e. The molecule has 2 aliphatic rings. The zero-order valence-corrected chi connectivity index (χ0v) is 12.7. The molecular formula is C17H19F2NO3. The maximum absolute atomic E-state index is 13.3. The second kappa shape index (κ2) is 5.58. The summed E-state index contributed by atoms with van der Waals surface area (Å²) in [5.41, 5.74) is -0.0459. The van der Waals surface area contributed by atoms with E-state index in [-0.39, 0.29) is 38.1 Å². The molecular weight excluding hydrogens is 304 g/mol. The third-order valence-corrected chi connectivity index (χ3v) is 4.96. The van der Waals surface area contributed by atoms with Gasteiger partial charge in [-0.25, -0.2) is 8.78 Å². The van der Waals surface area contributed by atoms with Gasteiger partial charge in [0.05, 0.1) is 6.42 Å². The van der Waals surface area contributed by atoms with Gasteiger partial charge in [0.2, 0.25) is 5.91 Å². The fraction of sp³-hybridized carbons (Fsp3) is 0.529. The summed E-state index contributed by atoms with van der Waals surface area (Å²) in [4.78, 5) is 24.8. The van der Waals surface area contributed by atoms with Crippen LogP contribution in [0.1, 0.15) is 31.2 Å². The number of halogens is 2. The fourth-order valence-electron chi connectivity index (χ4n) is 3.44. The second-order valence-electron chi connectivity index (χ2n) is 6.66. The van der Waals surface area contributed by atoms with Crippen molar-refractivity contribution in [2.75, 3.05) is 6.54 Å². The van der Waals surface area contributed by atoms with Crippen molar-refractivity contribution in [3.8, 4) is 0 Å². The van der Waals surface area contributed by atoms with Gasteiger partial charge in [0.1, 0.15) is 0 Å². The lowest BCUT2D eigenvalue weighted by molar-refractivity contribution is -0.145. The molecule has 2 fully saturated rings. The molecule has 0 atom stereocenters. The highest BCUT2D eigenvalue weighted by atomic mass is 19.3.